The van der Waals surface area contributed by atoms with Crippen LogP contribution in [0.2, 0.25) is 0 Å². The van der Waals surface area contributed by atoms with Crippen LogP contribution in [0.4, 0.5) is 0 Å². The van der Waals surface area contributed by atoms with Crippen molar-refractivity contribution in [2.45, 2.75) is 26.7 Å². The summed E-state index contributed by atoms with van der Waals surface area (Å²) >= 11 is 0. The number of nitrogens with one attached hydrogen (secondary N) is 1. The monoisotopic (exact) mass is 297 g/mol. The molecule has 1 aromatic carbocycles. The van der Waals surface area contributed by atoms with Crippen molar-refractivity contribution in [1.29, 1.82) is 0 Å². The van der Waals surface area contributed by atoms with Gasteiger partial charge in [0.15, 0.2) is 5.65 Å². The third kappa shape index (κ3) is 2.19. The Kier molecular flexibility index (Phi) is 3.48. The molecule has 0 amide bonds. The molecule has 0 bridgehead atoms. The van der Waals surface area contributed by atoms with Gasteiger partial charge >= 0.3 is 0 Å². The zero-order chi connectivity index (χ0) is 15.9. The summed E-state index contributed by atoms with van der Waals surface area (Å²) in [4.78, 5) is 17.2. The lowest BCUT2D eigenvalue weighted by Crippen LogP contribution is -2.22. The van der Waals surface area contributed by atoms with Gasteiger partial charge in [-0.1, -0.05) is 26.0 Å². The Morgan fingerprint density at radius 2 is 1.91 bits per heavy atom. The molecule has 5 heteroatoms. The van der Waals surface area contributed by atoms with Crippen LogP contribution in [0.3, 0.4) is 0 Å². The molecule has 114 valence electrons. The first-order valence-electron chi connectivity index (χ1n) is 7.28. The fraction of sp³-hybridized carbons (Fsp3) is 0.294. The highest BCUT2D eigenvalue weighted by Gasteiger charge is 2.16. The van der Waals surface area contributed by atoms with Crippen molar-refractivity contribution in [3.63, 3.8) is 0 Å². The Hall–Kier alpha value is -2.56. The Bertz CT molecular complexity index is 873. The first kappa shape index (κ1) is 14.4. The zero-order valence-corrected chi connectivity index (χ0v) is 13.2. The molecule has 1 N–H and O–H groups in total. The lowest BCUT2D eigenvalue weighted by molar-refractivity contribution is 0.415. The molecule has 0 atom stereocenters. The summed E-state index contributed by atoms with van der Waals surface area (Å²) in [5.74, 6) is 0.941. The van der Waals surface area contributed by atoms with Gasteiger partial charge in [-0.25, -0.2) is 9.50 Å². The third-order valence-electron chi connectivity index (χ3n) is 3.87. The van der Waals surface area contributed by atoms with Gasteiger partial charge < -0.3 is 4.74 Å². The summed E-state index contributed by atoms with van der Waals surface area (Å²) in [6.07, 6.45) is 1.81. The number of H-pyrrole nitrogens is 1. The number of aromatic amines is 1. The lowest BCUT2D eigenvalue weighted by Gasteiger charge is -2.09. The van der Waals surface area contributed by atoms with E-state index in [-0.39, 0.29) is 11.5 Å². The van der Waals surface area contributed by atoms with Crippen LogP contribution in [0.1, 0.15) is 31.0 Å². The minimum atomic E-state index is -0.0303. The van der Waals surface area contributed by atoms with Crippen molar-refractivity contribution in [2.24, 2.45) is 0 Å². The predicted octanol–water partition coefficient (Wildman–Crippen LogP) is 3.13. The average molecular weight is 297 g/mol. The van der Waals surface area contributed by atoms with Crippen molar-refractivity contribution in [3.8, 4) is 16.9 Å². The lowest BCUT2D eigenvalue weighted by atomic mass is 10.0. The van der Waals surface area contributed by atoms with Crippen LogP contribution in [-0.2, 0) is 0 Å². The van der Waals surface area contributed by atoms with Crippen LogP contribution in [0, 0.1) is 6.92 Å². The summed E-state index contributed by atoms with van der Waals surface area (Å²) < 4.78 is 6.69. The summed E-state index contributed by atoms with van der Waals surface area (Å²) in [6, 6.07) is 7.71. The first-order valence-corrected chi connectivity index (χ1v) is 7.28. The van der Waals surface area contributed by atoms with Crippen molar-refractivity contribution >= 4 is 5.65 Å². The number of aromatic nitrogens is 3. The van der Waals surface area contributed by atoms with Crippen LogP contribution in [0.5, 0.6) is 5.75 Å². The second-order valence-electron chi connectivity index (χ2n) is 5.65. The van der Waals surface area contributed by atoms with Crippen molar-refractivity contribution < 1.29 is 4.74 Å². The van der Waals surface area contributed by atoms with Gasteiger partial charge in [-0.15, -0.1) is 0 Å². The summed E-state index contributed by atoms with van der Waals surface area (Å²) in [6.45, 7) is 5.90. The van der Waals surface area contributed by atoms with Crippen LogP contribution in [-0.4, -0.2) is 21.7 Å². The molecule has 22 heavy (non-hydrogen) atoms. The largest absolute Gasteiger partial charge is 0.497 e. The number of ether oxygens (including phenoxy) is 1. The maximum atomic E-state index is 12.6. The summed E-state index contributed by atoms with van der Waals surface area (Å²) in [5, 5.41) is 3.02. The molecule has 2 aromatic heterocycles. The summed E-state index contributed by atoms with van der Waals surface area (Å²) in [5.41, 5.74) is 4.05. The second-order valence-corrected chi connectivity index (χ2v) is 5.65. The number of methoxy groups -OCH3 is 1. The number of nitrogens with zero attached hydrogens (tertiary/aromatic N) is 2. The highest BCUT2D eigenvalue weighted by molar-refractivity contribution is 5.77. The Balaban J connectivity index is 2.22. The molecular weight excluding hydrogens is 278 g/mol. The van der Waals surface area contributed by atoms with Gasteiger partial charge in [0.2, 0.25) is 0 Å². The van der Waals surface area contributed by atoms with Crippen molar-refractivity contribution in [1.82, 2.24) is 14.6 Å². The molecule has 0 radical (unpaired) electrons. The topological polar surface area (TPSA) is 59.4 Å². The van der Waals surface area contributed by atoms with E-state index in [9.17, 15) is 4.79 Å². The van der Waals surface area contributed by atoms with Gasteiger partial charge in [0.25, 0.3) is 5.56 Å². The maximum Gasteiger partial charge on any atom is 0.276 e. The van der Waals surface area contributed by atoms with Gasteiger partial charge in [-0.3, -0.25) is 9.89 Å². The minimum Gasteiger partial charge on any atom is -0.497 e. The smallest absolute Gasteiger partial charge is 0.276 e. The van der Waals surface area contributed by atoms with Crippen LogP contribution >= 0.6 is 0 Å². The van der Waals surface area contributed by atoms with Crippen LogP contribution in [0.15, 0.2) is 35.3 Å². The molecule has 0 unspecified atom stereocenters. The Morgan fingerprint density at radius 3 is 2.50 bits per heavy atom. The van der Waals surface area contributed by atoms with E-state index >= 15 is 0 Å². The van der Waals surface area contributed by atoms with Crippen molar-refractivity contribution in [3.05, 3.63) is 52.1 Å². The van der Waals surface area contributed by atoms with E-state index in [0.29, 0.717) is 5.65 Å². The van der Waals surface area contributed by atoms with Crippen molar-refractivity contribution in [2.75, 3.05) is 7.11 Å². The number of hydrogen-bond donors (Lipinski definition) is 1. The molecular formula is C17H19N3O2. The predicted molar refractivity (Wildman–Crippen MR) is 86.6 cm³/mol. The Morgan fingerprint density at radius 1 is 1.23 bits per heavy atom. The molecule has 5 nitrogen and oxygen atoms in total. The average Bonchev–Trinajstić information content (AvgIpc) is 2.91. The van der Waals surface area contributed by atoms with Gasteiger partial charge in [-0.2, -0.15) is 0 Å². The fourth-order valence-electron chi connectivity index (χ4n) is 2.78. The standard InChI is InChI=1S/C17H19N3O2/c1-10(2)15-11(3)19-16-14(9-18-20(16)17(15)21)12-5-7-13(22-4)8-6-12/h5-10,18H,1-4H3. The third-order valence-corrected chi connectivity index (χ3v) is 3.87. The molecule has 3 rings (SSSR count). The van der Waals surface area contributed by atoms with E-state index in [4.69, 9.17) is 4.74 Å². The van der Waals surface area contributed by atoms with E-state index in [2.05, 4.69) is 10.1 Å². The van der Waals surface area contributed by atoms with E-state index < -0.39 is 0 Å². The first-order chi connectivity index (χ1) is 10.5. The van der Waals surface area contributed by atoms with E-state index in [1.807, 2.05) is 51.2 Å². The number of benzene rings is 1. The van der Waals surface area contributed by atoms with Gasteiger partial charge in [0.05, 0.1) is 7.11 Å². The number of aryl methyl sites for hydroxylation is 1. The van der Waals surface area contributed by atoms with Crippen LogP contribution in [0.25, 0.3) is 16.8 Å². The molecule has 0 fully saturated rings. The molecule has 2 heterocycles. The minimum absolute atomic E-state index is 0.0303. The van der Waals surface area contributed by atoms with Gasteiger partial charge in [0.1, 0.15) is 5.75 Å². The van der Waals surface area contributed by atoms with E-state index in [0.717, 1.165) is 28.1 Å². The molecule has 0 saturated heterocycles. The highest BCUT2D eigenvalue weighted by Crippen LogP contribution is 2.26. The molecule has 0 saturated carbocycles. The number of hydrogen-bond acceptors (Lipinski definition) is 3. The quantitative estimate of drug-likeness (QED) is 0.808. The van der Waals surface area contributed by atoms with Crippen LogP contribution < -0.4 is 10.3 Å². The van der Waals surface area contributed by atoms with Gasteiger partial charge in [-0.05, 0) is 30.5 Å². The molecule has 3 aromatic rings. The second kappa shape index (κ2) is 5.33. The Labute approximate surface area is 128 Å². The SMILES string of the molecule is COc1ccc(-c2c[nH]n3c(=O)c(C(C)C)c(C)nc23)cc1. The molecule has 0 aliphatic rings. The van der Waals surface area contributed by atoms with E-state index in [1.165, 1.54) is 4.52 Å². The maximum absolute atomic E-state index is 12.6. The van der Waals surface area contributed by atoms with Gasteiger partial charge in [0, 0.05) is 23.0 Å². The normalized spacial score (nSPS) is 11.3. The summed E-state index contributed by atoms with van der Waals surface area (Å²) in [7, 11) is 1.64. The number of fused-ring (bicyclic) bond motifs is 1. The molecule has 0 spiro atoms. The molecule has 0 aliphatic carbocycles. The number of rotatable bonds is 3. The van der Waals surface area contributed by atoms with E-state index in [1.54, 1.807) is 7.11 Å². The highest BCUT2D eigenvalue weighted by atomic mass is 16.5. The fourth-order valence-corrected chi connectivity index (χ4v) is 2.78. The zero-order valence-electron chi connectivity index (χ0n) is 13.2. The molecule has 0 aliphatic heterocycles.